The minimum absolute atomic E-state index is 0.0187. The minimum Gasteiger partial charge on any atom is -0.469 e. The van der Waals surface area contributed by atoms with Gasteiger partial charge in [-0.3, -0.25) is 4.79 Å². The second-order valence-electron chi connectivity index (χ2n) is 3.49. The zero-order valence-electron chi connectivity index (χ0n) is 9.06. The van der Waals surface area contributed by atoms with Crippen LogP contribution in [-0.4, -0.2) is 37.8 Å². The Morgan fingerprint density at radius 1 is 1.81 bits per heavy atom. The number of esters is 1. The van der Waals surface area contributed by atoms with Gasteiger partial charge >= 0.3 is 5.97 Å². The molecular formula is C10H14N2O3S. The molecule has 1 N–H and O–H groups in total. The number of hydrogen-bond donors (Lipinski definition) is 1. The molecule has 0 aromatic carbocycles. The number of ether oxygens (including phenoxy) is 2. The van der Waals surface area contributed by atoms with Gasteiger partial charge in [0.1, 0.15) is 11.1 Å². The van der Waals surface area contributed by atoms with Crippen LogP contribution in [0.15, 0.2) is 5.38 Å². The monoisotopic (exact) mass is 242 g/mol. The van der Waals surface area contributed by atoms with Crippen molar-refractivity contribution in [3.63, 3.8) is 0 Å². The summed E-state index contributed by atoms with van der Waals surface area (Å²) in [7, 11) is 1.38. The second-order valence-corrected chi connectivity index (χ2v) is 4.38. The van der Waals surface area contributed by atoms with E-state index in [4.69, 9.17) is 4.74 Å². The molecule has 1 aromatic heterocycles. The number of carbonyl (C=O) groups excluding carboxylic acids is 1. The molecular weight excluding hydrogens is 228 g/mol. The third kappa shape index (κ3) is 2.78. The summed E-state index contributed by atoms with van der Waals surface area (Å²) in [5.74, 6) is -0.264. The Kier molecular flexibility index (Phi) is 3.87. The maximum atomic E-state index is 11.1. The molecule has 1 atom stereocenters. The van der Waals surface area contributed by atoms with Crippen molar-refractivity contribution in [2.75, 3.05) is 26.8 Å². The van der Waals surface area contributed by atoms with Crippen LogP contribution in [0.25, 0.3) is 0 Å². The molecule has 16 heavy (non-hydrogen) atoms. The summed E-state index contributed by atoms with van der Waals surface area (Å²) in [6.45, 7) is 2.37. The largest absolute Gasteiger partial charge is 0.469 e. The van der Waals surface area contributed by atoms with Gasteiger partial charge in [0.05, 0.1) is 25.8 Å². The molecule has 0 bridgehead atoms. The first-order valence-corrected chi connectivity index (χ1v) is 6.01. The maximum absolute atomic E-state index is 11.1. The molecule has 1 saturated heterocycles. The number of nitrogens with zero attached hydrogens (tertiary/aromatic N) is 1. The fraction of sp³-hybridized carbons (Fsp3) is 0.600. The van der Waals surface area contributed by atoms with Gasteiger partial charge in [0.2, 0.25) is 0 Å². The topological polar surface area (TPSA) is 60.5 Å². The summed E-state index contributed by atoms with van der Waals surface area (Å²) in [6, 6.07) is 0. The lowest BCUT2D eigenvalue weighted by molar-refractivity contribution is -0.139. The van der Waals surface area contributed by atoms with Gasteiger partial charge in [-0.15, -0.1) is 11.3 Å². The Morgan fingerprint density at radius 3 is 3.38 bits per heavy atom. The highest BCUT2D eigenvalue weighted by Gasteiger charge is 2.19. The lowest BCUT2D eigenvalue weighted by atomic mass is 10.3. The van der Waals surface area contributed by atoms with Gasteiger partial charge in [0, 0.05) is 18.5 Å². The van der Waals surface area contributed by atoms with Crippen LogP contribution in [0.1, 0.15) is 16.8 Å². The van der Waals surface area contributed by atoms with Crippen LogP contribution in [-0.2, 0) is 20.7 Å². The summed E-state index contributed by atoms with van der Waals surface area (Å²) >= 11 is 1.52. The standard InChI is InChI=1S/C10H14N2O3S/c1-14-9(13)4-7-6-16-10(12-7)8-5-11-2-3-15-8/h6,8,11H,2-5H2,1H3. The molecule has 5 nitrogen and oxygen atoms in total. The van der Waals surface area contributed by atoms with Crippen LogP contribution >= 0.6 is 11.3 Å². The molecule has 0 spiro atoms. The van der Waals surface area contributed by atoms with Gasteiger partial charge < -0.3 is 14.8 Å². The van der Waals surface area contributed by atoms with Crippen molar-refractivity contribution in [2.45, 2.75) is 12.5 Å². The van der Waals surface area contributed by atoms with E-state index in [9.17, 15) is 4.79 Å². The molecule has 1 fully saturated rings. The van der Waals surface area contributed by atoms with Crippen molar-refractivity contribution in [2.24, 2.45) is 0 Å². The molecule has 1 aliphatic heterocycles. The van der Waals surface area contributed by atoms with Gasteiger partial charge in [-0.05, 0) is 0 Å². The third-order valence-electron chi connectivity index (χ3n) is 2.33. The molecule has 1 aliphatic rings. The van der Waals surface area contributed by atoms with Crippen molar-refractivity contribution >= 4 is 17.3 Å². The molecule has 6 heteroatoms. The zero-order chi connectivity index (χ0) is 11.4. The van der Waals surface area contributed by atoms with Crippen molar-refractivity contribution in [1.82, 2.24) is 10.3 Å². The molecule has 0 radical (unpaired) electrons. The van der Waals surface area contributed by atoms with E-state index in [1.54, 1.807) is 0 Å². The minimum atomic E-state index is -0.264. The van der Waals surface area contributed by atoms with Crippen LogP contribution in [0.2, 0.25) is 0 Å². The predicted molar refractivity (Wildman–Crippen MR) is 59.4 cm³/mol. The number of methoxy groups -OCH3 is 1. The predicted octanol–water partition coefficient (Wildman–Crippen LogP) is 0.519. The van der Waals surface area contributed by atoms with E-state index in [0.717, 1.165) is 23.8 Å². The third-order valence-corrected chi connectivity index (χ3v) is 3.31. The van der Waals surface area contributed by atoms with E-state index in [0.29, 0.717) is 6.61 Å². The fourth-order valence-corrected chi connectivity index (χ4v) is 2.36. The van der Waals surface area contributed by atoms with Crippen molar-refractivity contribution in [1.29, 1.82) is 0 Å². The molecule has 0 aliphatic carbocycles. The summed E-state index contributed by atoms with van der Waals surface area (Å²) in [6.07, 6.45) is 0.248. The number of morpholine rings is 1. The van der Waals surface area contributed by atoms with Crippen LogP contribution in [0, 0.1) is 0 Å². The average Bonchev–Trinajstić information content (AvgIpc) is 2.78. The van der Waals surface area contributed by atoms with Crippen molar-refractivity contribution in [3.8, 4) is 0 Å². The Bertz CT molecular complexity index is 361. The fourth-order valence-electron chi connectivity index (χ4n) is 1.50. The number of hydrogen-bond acceptors (Lipinski definition) is 6. The van der Waals surface area contributed by atoms with Gasteiger partial charge in [-0.1, -0.05) is 0 Å². The van der Waals surface area contributed by atoms with Crippen LogP contribution < -0.4 is 5.32 Å². The molecule has 88 valence electrons. The Labute approximate surface area is 97.8 Å². The molecule has 1 unspecified atom stereocenters. The zero-order valence-corrected chi connectivity index (χ0v) is 9.88. The number of thiazole rings is 1. The Morgan fingerprint density at radius 2 is 2.69 bits per heavy atom. The first-order valence-electron chi connectivity index (χ1n) is 5.13. The summed E-state index contributed by atoms with van der Waals surface area (Å²) in [4.78, 5) is 15.4. The lowest BCUT2D eigenvalue weighted by Gasteiger charge is -2.21. The normalized spacial score (nSPS) is 20.7. The summed E-state index contributed by atoms with van der Waals surface area (Å²) in [5.41, 5.74) is 0.751. The van der Waals surface area contributed by atoms with Gasteiger partial charge in [-0.25, -0.2) is 4.98 Å². The van der Waals surface area contributed by atoms with E-state index < -0.39 is 0 Å². The van der Waals surface area contributed by atoms with Crippen LogP contribution in [0.5, 0.6) is 0 Å². The Hall–Kier alpha value is -0.980. The van der Waals surface area contributed by atoms with Crippen molar-refractivity contribution < 1.29 is 14.3 Å². The second kappa shape index (κ2) is 5.38. The first kappa shape index (κ1) is 11.5. The number of nitrogens with one attached hydrogen (secondary N) is 1. The van der Waals surface area contributed by atoms with E-state index in [1.165, 1.54) is 18.4 Å². The average molecular weight is 242 g/mol. The quantitative estimate of drug-likeness (QED) is 0.783. The van der Waals surface area contributed by atoms with Gasteiger partial charge in [0.15, 0.2) is 0 Å². The van der Waals surface area contributed by atoms with Gasteiger partial charge in [-0.2, -0.15) is 0 Å². The molecule has 2 heterocycles. The number of rotatable bonds is 3. The molecule has 0 saturated carbocycles. The highest BCUT2D eigenvalue weighted by molar-refractivity contribution is 7.09. The van der Waals surface area contributed by atoms with E-state index >= 15 is 0 Å². The van der Waals surface area contributed by atoms with Crippen LogP contribution in [0.4, 0.5) is 0 Å². The molecule has 1 aromatic rings. The summed E-state index contributed by atoms with van der Waals surface area (Å²) < 4.78 is 10.2. The van der Waals surface area contributed by atoms with Crippen LogP contribution in [0.3, 0.4) is 0 Å². The van der Waals surface area contributed by atoms with E-state index in [1.807, 2.05) is 5.38 Å². The van der Waals surface area contributed by atoms with E-state index in [2.05, 4.69) is 15.0 Å². The SMILES string of the molecule is COC(=O)Cc1csc(C2CNCCO2)n1. The number of aromatic nitrogens is 1. The van der Waals surface area contributed by atoms with Gasteiger partial charge in [0.25, 0.3) is 0 Å². The smallest absolute Gasteiger partial charge is 0.311 e. The maximum Gasteiger partial charge on any atom is 0.311 e. The highest BCUT2D eigenvalue weighted by Crippen LogP contribution is 2.22. The summed E-state index contributed by atoms with van der Waals surface area (Å²) in [5, 5.41) is 6.05. The first-order chi connectivity index (χ1) is 7.79. The molecule has 2 rings (SSSR count). The Balaban J connectivity index is 1.98. The lowest BCUT2D eigenvalue weighted by Crippen LogP contribution is -2.33. The highest BCUT2D eigenvalue weighted by atomic mass is 32.1. The van der Waals surface area contributed by atoms with E-state index in [-0.39, 0.29) is 18.5 Å². The molecule has 0 amide bonds. The van der Waals surface area contributed by atoms with Crippen molar-refractivity contribution in [3.05, 3.63) is 16.1 Å². The number of carbonyl (C=O) groups is 1.